The summed E-state index contributed by atoms with van der Waals surface area (Å²) < 4.78 is 4.76. The average Bonchev–Trinajstić information content (AvgIpc) is 2.43. The standard InChI is InChI=1S/C15H21NO3/c1-2-19-15(18)11-10-14(17)16-12-6-9-13-7-4-3-5-8-13/h3-5,7-8H,2,6,9-12H2,1H3,(H,16,17). The maximum atomic E-state index is 11.4. The van der Waals surface area contributed by atoms with Crippen molar-refractivity contribution < 1.29 is 14.3 Å². The fourth-order valence-electron chi connectivity index (χ4n) is 1.70. The van der Waals surface area contributed by atoms with Gasteiger partial charge in [-0.25, -0.2) is 0 Å². The van der Waals surface area contributed by atoms with Crippen LogP contribution in [-0.2, 0) is 20.7 Å². The first-order chi connectivity index (χ1) is 9.22. The highest BCUT2D eigenvalue weighted by Crippen LogP contribution is 2.01. The quantitative estimate of drug-likeness (QED) is 0.577. The lowest BCUT2D eigenvalue weighted by Crippen LogP contribution is -2.25. The van der Waals surface area contributed by atoms with Gasteiger partial charge < -0.3 is 10.1 Å². The summed E-state index contributed by atoms with van der Waals surface area (Å²) >= 11 is 0. The molecular weight excluding hydrogens is 242 g/mol. The highest BCUT2D eigenvalue weighted by Gasteiger charge is 2.06. The Morgan fingerprint density at radius 2 is 1.89 bits per heavy atom. The molecule has 0 saturated carbocycles. The van der Waals surface area contributed by atoms with Crippen LogP contribution in [0, 0.1) is 0 Å². The summed E-state index contributed by atoms with van der Waals surface area (Å²) in [5, 5.41) is 2.80. The Hall–Kier alpha value is -1.84. The monoisotopic (exact) mass is 263 g/mol. The maximum absolute atomic E-state index is 11.4. The lowest BCUT2D eigenvalue weighted by molar-refractivity contribution is -0.144. The van der Waals surface area contributed by atoms with Gasteiger partial charge in [0.15, 0.2) is 0 Å². The number of hydrogen-bond donors (Lipinski definition) is 1. The van der Waals surface area contributed by atoms with Crippen molar-refractivity contribution >= 4 is 11.9 Å². The van der Waals surface area contributed by atoms with Crippen molar-refractivity contribution in [3.63, 3.8) is 0 Å². The van der Waals surface area contributed by atoms with Gasteiger partial charge in [0, 0.05) is 13.0 Å². The molecule has 0 aromatic heterocycles. The second-order valence-corrected chi connectivity index (χ2v) is 4.24. The molecule has 0 heterocycles. The van der Waals surface area contributed by atoms with E-state index in [0.717, 1.165) is 12.8 Å². The largest absolute Gasteiger partial charge is 0.466 e. The summed E-state index contributed by atoms with van der Waals surface area (Å²) in [7, 11) is 0. The molecule has 4 heteroatoms. The zero-order chi connectivity index (χ0) is 13.9. The molecule has 1 N–H and O–H groups in total. The lowest BCUT2D eigenvalue weighted by atomic mass is 10.1. The molecule has 0 atom stereocenters. The van der Waals surface area contributed by atoms with Gasteiger partial charge in [-0.2, -0.15) is 0 Å². The Balaban J connectivity index is 2.06. The van der Waals surface area contributed by atoms with Crippen LogP contribution in [-0.4, -0.2) is 25.0 Å². The summed E-state index contributed by atoms with van der Waals surface area (Å²) in [4.78, 5) is 22.5. The van der Waals surface area contributed by atoms with E-state index in [-0.39, 0.29) is 24.7 Å². The number of rotatable bonds is 8. The molecule has 0 unspecified atom stereocenters. The molecule has 0 saturated heterocycles. The number of nitrogens with one attached hydrogen (secondary N) is 1. The lowest BCUT2D eigenvalue weighted by Gasteiger charge is -2.05. The molecule has 0 spiro atoms. The zero-order valence-electron chi connectivity index (χ0n) is 11.4. The second kappa shape index (κ2) is 9.14. The topological polar surface area (TPSA) is 55.4 Å². The molecular formula is C15H21NO3. The van der Waals surface area contributed by atoms with E-state index in [1.54, 1.807) is 6.92 Å². The number of carbonyl (C=O) groups is 2. The van der Waals surface area contributed by atoms with Gasteiger partial charge in [0.2, 0.25) is 5.91 Å². The first-order valence-electron chi connectivity index (χ1n) is 6.68. The van der Waals surface area contributed by atoms with Crippen molar-refractivity contribution in [2.45, 2.75) is 32.6 Å². The molecule has 0 aliphatic carbocycles. The highest BCUT2D eigenvalue weighted by molar-refractivity contribution is 5.81. The number of carbonyl (C=O) groups excluding carboxylic acids is 2. The van der Waals surface area contributed by atoms with E-state index in [0.29, 0.717) is 13.2 Å². The van der Waals surface area contributed by atoms with E-state index >= 15 is 0 Å². The van der Waals surface area contributed by atoms with Gasteiger partial charge in [-0.1, -0.05) is 30.3 Å². The van der Waals surface area contributed by atoms with Gasteiger partial charge in [-0.05, 0) is 25.3 Å². The molecule has 1 aromatic rings. The van der Waals surface area contributed by atoms with Crippen LogP contribution in [0.5, 0.6) is 0 Å². The van der Waals surface area contributed by atoms with Crippen molar-refractivity contribution in [3.8, 4) is 0 Å². The van der Waals surface area contributed by atoms with E-state index in [9.17, 15) is 9.59 Å². The van der Waals surface area contributed by atoms with Crippen molar-refractivity contribution in [1.29, 1.82) is 0 Å². The molecule has 1 rings (SSSR count). The average molecular weight is 263 g/mol. The van der Waals surface area contributed by atoms with Crippen LogP contribution in [0.15, 0.2) is 30.3 Å². The van der Waals surface area contributed by atoms with Crippen LogP contribution in [0.3, 0.4) is 0 Å². The van der Waals surface area contributed by atoms with E-state index < -0.39 is 0 Å². The Labute approximate surface area is 114 Å². The molecule has 1 aromatic carbocycles. The van der Waals surface area contributed by atoms with E-state index in [2.05, 4.69) is 17.4 Å². The van der Waals surface area contributed by atoms with Gasteiger partial charge in [0.05, 0.1) is 13.0 Å². The predicted octanol–water partition coefficient (Wildman–Crippen LogP) is 2.08. The fraction of sp³-hybridized carbons (Fsp3) is 0.467. The summed E-state index contributed by atoms with van der Waals surface area (Å²) in [5.74, 6) is -0.414. The van der Waals surface area contributed by atoms with Gasteiger partial charge >= 0.3 is 5.97 Å². The van der Waals surface area contributed by atoms with Gasteiger partial charge in [0.25, 0.3) is 0 Å². The number of esters is 1. The smallest absolute Gasteiger partial charge is 0.306 e. The van der Waals surface area contributed by atoms with Crippen molar-refractivity contribution in [1.82, 2.24) is 5.32 Å². The molecule has 0 fully saturated rings. The van der Waals surface area contributed by atoms with Crippen LogP contribution in [0.1, 0.15) is 31.7 Å². The number of aryl methyl sites for hydroxylation is 1. The van der Waals surface area contributed by atoms with Crippen LogP contribution in [0.4, 0.5) is 0 Å². The molecule has 0 bridgehead atoms. The van der Waals surface area contributed by atoms with Crippen molar-refractivity contribution in [2.24, 2.45) is 0 Å². The van der Waals surface area contributed by atoms with Crippen molar-refractivity contribution in [3.05, 3.63) is 35.9 Å². The minimum Gasteiger partial charge on any atom is -0.466 e. The van der Waals surface area contributed by atoms with E-state index in [1.807, 2.05) is 18.2 Å². The summed E-state index contributed by atoms with van der Waals surface area (Å²) in [6.07, 6.45) is 2.19. The molecule has 0 aliphatic rings. The van der Waals surface area contributed by atoms with E-state index in [1.165, 1.54) is 5.56 Å². The second-order valence-electron chi connectivity index (χ2n) is 4.24. The maximum Gasteiger partial charge on any atom is 0.306 e. The third-order valence-electron chi connectivity index (χ3n) is 2.67. The van der Waals surface area contributed by atoms with Gasteiger partial charge in [0.1, 0.15) is 0 Å². The molecule has 19 heavy (non-hydrogen) atoms. The number of ether oxygens (including phenoxy) is 1. The van der Waals surface area contributed by atoms with Gasteiger partial charge in [-0.15, -0.1) is 0 Å². The number of hydrogen-bond acceptors (Lipinski definition) is 3. The first-order valence-corrected chi connectivity index (χ1v) is 6.68. The van der Waals surface area contributed by atoms with Crippen molar-refractivity contribution in [2.75, 3.05) is 13.2 Å². The summed E-state index contributed by atoms with van der Waals surface area (Å²) in [5.41, 5.74) is 1.27. The molecule has 104 valence electrons. The Morgan fingerprint density at radius 3 is 2.58 bits per heavy atom. The van der Waals surface area contributed by atoms with Crippen LogP contribution < -0.4 is 5.32 Å². The Bertz CT molecular complexity index is 390. The first kappa shape index (κ1) is 15.2. The van der Waals surface area contributed by atoms with Crippen LogP contribution >= 0.6 is 0 Å². The number of benzene rings is 1. The molecule has 1 amide bonds. The minimum atomic E-state index is -0.318. The molecule has 0 aliphatic heterocycles. The minimum absolute atomic E-state index is 0.0962. The summed E-state index contributed by atoms with van der Waals surface area (Å²) in [6, 6.07) is 10.1. The Morgan fingerprint density at radius 1 is 1.16 bits per heavy atom. The molecule has 0 radical (unpaired) electrons. The predicted molar refractivity (Wildman–Crippen MR) is 73.6 cm³/mol. The summed E-state index contributed by atoms with van der Waals surface area (Å²) in [6.45, 7) is 2.75. The third kappa shape index (κ3) is 7.24. The fourth-order valence-corrected chi connectivity index (χ4v) is 1.70. The normalized spacial score (nSPS) is 9.95. The van der Waals surface area contributed by atoms with Gasteiger partial charge in [-0.3, -0.25) is 9.59 Å². The number of amides is 1. The zero-order valence-corrected chi connectivity index (χ0v) is 11.4. The third-order valence-corrected chi connectivity index (χ3v) is 2.67. The van der Waals surface area contributed by atoms with Crippen LogP contribution in [0.2, 0.25) is 0 Å². The SMILES string of the molecule is CCOC(=O)CCC(=O)NCCCc1ccccc1. The molecule has 4 nitrogen and oxygen atoms in total. The van der Waals surface area contributed by atoms with Crippen LogP contribution in [0.25, 0.3) is 0 Å². The highest BCUT2D eigenvalue weighted by atomic mass is 16.5. The van der Waals surface area contributed by atoms with E-state index in [4.69, 9.17) is 4.74 Å². The Kier molecular flexibility index (Phi) is 7.32.